The Morgan fingerprint density at radius 1 is 1.00 bits per heavy atom. The molecule has 3 aromatic carbocycles. The molecule has 0 atom stereocenters. The van der Waals surface area contributed by atoms with E-state index in [4.69, 9.17) is 4.74 Å². The number of ether oxygens (including phenoxy) is 1. The molecule has 0 unspecified atom stereocenters. The van der Waals surface area contributed by atoms with Gasteiger partial charge in [0.15, 0.2) is 0 Å². The second-order valence-corrected chi connectivity index (χ2v) is 10.8. The van der Waals surface area contributed by atoms with Gasteiger partial charge < -0.3 is 15.4 Å². The number of nitrogens with one attached hydrogen (secondary N) is 2. The Morgan fingerprint density at radius 3 is 2.54 bits per heavy atom. The molecule has 2 N–H and O–H groups in total. The van der Waals surface area contributed by atoms with Crippen molar-refractivity contribution in [2.75, 3.05) is 26.2 Å². The van der Waals surface area contributed by atoms with Gasteiger partial charge in [-0.15, -0.1) is 0 Å². The smallest absolute Gasteiger partial charge is 0.251 e. The molecule has 0 radical (unpaired) electrons. The van der Waals surface area contributed by atoms with Crippen LogP contribution in [-0.4, -0.2) is 43.0 Å². The maximum Gasteiger partial charge on any atom is 0.251 e. The molecule has 1 aliphatic rings. The van der Waals surface area contributed by atoms with E-state index in [9.17, 15) is 14.0 Å². The van der Waals surface area contributed by atoms with Crippen LogP contribution in [0.4, 0.5) is 4.39 Å². The van der Waals surface area contributed by atoms with E-state index in [0.717, 1.165) is 36.0 Å². The summed E-state index contributed by atoms with van der Waals surface area (Å²) in [6.45, 7) is 7.03. The standard InChI is InChI=1S/C32H38FN3O3/c1-32(2,27-13-15-28(33)16-14-27)23-35-31(38)25-11-12-26-21-36(20-24-9-5-3-6-10-24)22-30(37)34-17-7-4-8-18-39-29(26)19-25/h3,5-6,9-16,19H,4,7-8,17-18,20-23H2,1-2H3,(H,34,37)(H,35,38). The Morgan fingerprint density at radius 2 is 1.77 bits per heavy atom. The lowest BCUT2D eigenvalue weighted by Gasteiger charge is -2.26. The fraction of sp³-hybridized carbons (Fsp3) is 0.375. The summed E-state index contributed by atoms with van der Waals surface area (Å²) in [4.78, 5) is 27.9. The minimum absolute atomic E-state index is 0.00686. The molecular formula is C32H38FN3O3. The number of nitrogens with zero attached hydrogens (tertiary/aromatic N) is 1. The van der Waals surface area contributed by atoms with E-state index in [2.05, 4.69) is 27.7 Å². The van der Waals surface area contributed by atoms with Crippen molar-refractivity contribution < 1.29 is 18.7 Å². The van der Waals surface area contributed by atoms with Crippen LogP contribution in [-0.2, 0) is 23.3 Å². The van der Waals surface area contributed by atoms with Crippen molar-refractivity contribution in [2.24, 2.45) is 0 Å². The third-order valence-electron chi connectivity index (χ3n) is 7.06. The van der Waals surface area contributed by atoms with Gasteiger partial charge >= 0.3 is 0 Å². The predicted molar refractivity (Wildman–Crippen MR) is 151 cm³/mol. The molecule has 3 aromatic rings. The molecule has 39 heavy (non-hydrogen) atoms. The molecule has 6 nitrogen and oxygen atoms in total. The highest BCUT2D eigenvalue weighted by Gasteiger charge is 2.23. The van der Waals surface area contributed by atoms with Crippen molar-refractivity contribution in [3.05, 3.63) is 101 Å². The summed E-state index contributed by atoms with van der Waals surface area (Å²) < 4.78 is 19.6. The molecule has 1 aliphatic heterocycles. The van der Waals surface area contributed by atoms with Crippen LogP contribution in [0.3, 0.4) is 0 Å². The third kappa shape index (κ3) is 8.39. The van der Waals surface area contributed by atoms with E-state index in [1.165, 1.54) is 12.1 Å². The first kappa shape index (κ1) is 28.3. The lowest BCUT2D eigenvalue weighted by atomic mass is 9.84. The van der Waals surface area contributed by atoms with Crippen LogP contribution in [0.2, 0.25) is 0 Å². The highest BCUT2D eigenvalue weighted by atomic mass is 19.1. The van der Waals surface area contributed by atoms with Gasteiger partial charge in [0.05, 0.1) is 13.2 Å². The molecule has 7 heteroatoms. The molecule has 0 spiro atoms. The van der Waals surface area contributed by atoms with Gasteiger partial charge in [-0.25, -0.2) is 4.39 Å². The molecule has 0 aliphatic carbocycles. The molecule has 0 bridgehead atoms. The summed E-state index contributed by atoms with van der Waals surface area (Å²) in [5.74, 6) is 0.196. The quantitative estimate of drug-likeness (QED) is 0.458. The van der Waals surface area contributed by atoms with Crippen molar-refractivity contribution in [2.45, 2.75) is 51.6 Å². The monoisotopic (exact) mass is 531 g/mol. The number of hydrogen-bond donors (Lipinski definition) is 2. The molecule has 0 fully saturated rings. The summed E-state index contributed by atoms with van der Waals surface area (Å²) in [6, 6.07) is 22.0. The zero-order valence-electron chi connectivity index (χ0n) is 22.8. The number of halogens is 1. The Kier molecular flexibility index (Phi) is 9.71. The van der Waals surface area contributed by atoms with Gasteiger partial charge in [-0.05, 0) is 54.7 Å². The van der Waals surface area contributed by atoms with E-state index in [1.807, 2.05) is 38.1 Å². The summed E-state index contributed by atoms with van der Waals surface area (Å²) in [5.41, 5.74) is 3.15. The number of hydrogen-bond acceptors (Lipinski definition) is 4. The Hall–Kier alpha value is -3.71. The van der Waals surface area contributed by atoms with Crippen LogP contribution in [0.15, 0.2) is 72.8 Å². The largest absolute Gasteiger partial charge is 0.493 e. The van der Waals surface area contributed by atoms with Crippen molar-refractivity contribution in [1.29, 1.82) is 0 Å². The van der Waals surface area contributed by atoms with Gasteiger partial charge in [-0.2, -0.15) is 0 Å². The Balaban J connectivity index is 1.51. The van der Waals surface area contributed by atoms with Gasteiger partial charge in [0.1, 0.15) is 11.6 Å². The number of carbonyl (C=O) groups is 2. The van der Waals surface area contributed by atoms with E-state index >= 15 is 0 Å². The number of rotatable bonds is 6. The van der Waals surface area contributed by atoms with Crippen molar-refractivity contribution in [3.8, 4) is 5.75 Å². The van der Waals surface area contributed by atoms with Crippen molar-refractivity contribution in [1.82, 2.24) is 15.5 Å². The molecule has 0 saturated carbocycles. The van der Waals surface area contributed by atoms with Gasteiger partial charge in [-0.3, -0.25) is 14.5 Å². The summed E-state index contributed by atoms with van der Waals surface area (Å²) >= 11 is 0. The van der Waals surface area contributed by atoms with E-state index in [0.29, 0.717) is 44.1 Å². The average Bonchev–Trinajstić information content (AvgIpc) is 2.93. The third-order valence-corrected chi connectivity index (χ3v) is 7.06. The number of carbonyl (C=O) groups excluding carboxylic acids is 2. The predicted octanol–water partition coefficient (Wildman–Crippen LogP) is 5.21. The Bertz CT molecular complexity index is 1250. The topological polar surface area (TPSA) is 70.7 Å². The van der Waals surface area contributed by atoms with Gasteiger partial charge in [0.2, 0.25) is 5.91 Å². The maximum absolute atomic E-state index is 13.4. The van der Waals surface area contributed by atoms with E-state index < -0.39 is 0 Å². The van der Waals surface area contributed by atoms with Crippen molar-refractivity contribution in [3.63, 3.8) is 0 Å². The normalized spacial score (nSPS) is 15.5. The van der Waals surface area contributed by atoms with Crippen LogP contribution in [0, 0.1) is 5.82 Å². The number of amides is 2. The summed E-state index contributed by atoms with van der Waals surface area (Å²) in [6.07, 6.45) is 2.71. The molecule has 206 valence electrons. The van der Waals surface area contributed by atoms with Crippen LogP contribution in [0.1, 0.15) is 60.2 Å². The minimum Gasteiger partial charge on any atom is -0.493 e. The maximum atomic E-state index is 13.4. The minimum atomic E-state index is -0.368. The van der Waals surface area contributed by atoms with Gasteiger partial charge in [0.25, 0.3) is 5.91 Å². The molecule has 0 saturated heterocycles. The molecule has 1 heterocycles. The lowest BCUT2D eigenvalue weighted by molar-refractivity contribution is -0.122. The van der Waals surface area contributed by atoms with Crippen LogP contribution in [0.5, 0.6) is 5.75 Å². The molecule has 4 rings (SSSR count). The highest BCUT2D eigenvalue weighted by molar-refractivity contribution is 5.94. The number of benzene rings is 3. The lowest BCUT2D eigenvalue weighted by Crippen LogP contribution is -2.37. The zero-order chi connectivity index (χ0) is 27.7. The first-order chi connectivity index (χ1) is 18.8. The fourth-order valence-corrected chi connectivity index (χ4v) is 4.69. The van der Waals surface area contributed by atoms with Crippen LogP contribution >= 0.6 is 0 Å². The number of fused-ring (bicyclic) bond motifs is 1. The average molecular weight is 532 g/mol. The highest BCUT2D eigenvalue weighted by Crippen LogP contribution is 2.25. The molecular weight excluding hydrogens is 493 g/mol. The second kappa shape index (κ2) is 13.4. The van der Waals surface area contributed by atoms with Crippen LogP contribution in [0.25, 0.3) is 0 Å². The van der Waals surface area contributed by atoms with E-state index in [1.54, 1.807) is 24.3 Å². The fourth-order valence-electron chi connectivity index (χ4n) is 4.69. The van der Waals surface area contributed by atoms with Crippen LogP contribution < -0.4 is 15.4 Å². The molecule has 2 amide bonds. The van der Waals surface area contributed by atoms with Gasteiger partial charge in [0, 0.05) is 42.7 Å². The first-order valence-electron chi connectivity index (χ1n) is 13.6. The van der Waals surface area contributed by atoms with E-state index in [-0.39, 0.29) is 29.6 Å². The van der Waals surface area contributed by atoms with Crippen molar-refractivity contribution >= 4 is 11.8 Å². The second-order valence-electron chi connectivity index (χ2n) is 10.8. The SMILES string of the molecule is CC(C)(CNC(=O)c1ccc2c(c1)OCCCCCNC(=O)CN(Cc1ccccc1)C2)c1ccc(F)cc1. The van der Waals surface area contributed by atoms with Gasteiger partial charge in [-0.1, -0.05) is 62.4 Å². The Labute approximate surface area is 230 Å². The first-order valence-corrected chi connectivity index (χ1v) is 13.6. The summed E-state index contributed by atoms with van der Waals surface area (Å²) in [5, 5.41) is 6.06. The molecule has 0 aromatic heterocycles. The summed E-state index contributed by atoms with van der Waals surface area (Å²) in [7, 11) is 0. The zero-order valence-corrected chi connectivity index (χ0v) is 22.8.